The van der Waals surface area contributed by atoms with Crippen LogP contribution in [0.4, 0.5) is 0 Å². The number of hydrogen-bond acceptors (Lipinski definition) is 8. The van der Waals surface area contributed by atoms with Crippen LogP contribution < -0.4 is 0 Å². The van der Waals surface area contributed by atoms with Gasteiger partial charge >= 0.3 is 0 Å². The van der Waals surface area contributed by atoms with Crippen molar-refractivity contribution in [2.45, 2.75) is 86.9 Å². The van der Waals surface area contributed by atoms with E-state index in [9.17, 15) is 30.6 Å². The standard InChI is InChI=1S/C18H30O8/c1-12(2)15(21)11(19)16(22)13(3,4)18(16,24)14(20,17(12,15)23)10-8-9(25-5)6-7-26-10/h9-11,19-24H,6-8H2,1-5H3/t9?,10?,11?,14?,15-,16-,17-,18+/m0/s1. The van der Waals surface area contributed by atoms with E-state index in [0.29, 0.717) is 6.42 Å². The molecule has 1 saturated heterocycles. The number of aliphatic hydroxyl groups is 6. The molecular formula is C18H30O8. The van der Waals surface area contributed by atoms with Gasteiger partial charge in [-0.2, -0.15) is 0 Å². The first-order chi connectivity index (χ1) is 11.7. The van der Waals surface area contributed by atoms with E-state index in [1.165, 1.54) is 34.8 Å². The van der Waals surface area contributed by atoms with E-state index in [0.717, 1.165) is 0 Å². The Morgan fingerprint density at radius 3 is 1.73 bits per heavy atom. The molecule has 8 heteroatoms. The molecule has 4 aliphatic rings. The van der Waals surface area contributed by atoms with Crippen molar-refractivity contribution in [1.29, 1.82) is 0 Å². The SMILES string of the molecule is COC1CCOC(C2(O)[C@@]3(O)C(C)(C)[C@@]3(O)C(O)[C@]3(O)C(C)(C)[C@@]23O)C1. The maximum Gasteiger partial charge on any atom is 0.155 e. The maximum atomic E-state index is 11.9. The zero-order chi connectivity index (χ0) is 19.8. The van der Waals surface area contributed by atoms with Crippen molar-refractivity contribution in [2.24, 2.45) is 10.8 Å². The molecule has 0 bridgehead atoms. The van der Waals surface area contributed by atoms with Crippen molar-refractivity contribution in [2.75, 3.05) is 13.7 Å². The molecule has 0 aromatic carbocycles. The Morgan fingerprint density at radius 2 is 1.31 bits per heavy atom. The second kappa shape index (κ2) is 4.46. The molecule has 8 atom stereocenters. The molecule has 0 spiro atoms. The van der Waals surface area contributed by atoms with Gasteiger partial charge in [-0.25, -0.2) is 0 Å². The highest BCUT2D eigenvalue weighted by atomic mass is 16.5. The Bertz CT molecular complexity index is 624. The van der Waals surface area contributed by atoms with Crippen LogP contribution in [0.25, 0.3) is 0 Å². The number of methoxy groups -OCH3 is 1. The fourth-order valence-corrected chi connectivity index (χ4v) is 6.64. The summed E-state index contributed by atoms with van der Waals surface area (Å²) in [6, 6.07) is 0. The van der Waals surface area contributed by atoms with Gasteiger partial charge in [-0.1, -0.05) is 27.7 Å². The third kappa shape index (κ3) is 1.28. The minimum atomic E-state index is -2.41. The molecule has 4 fully saturated rings. The van der Waals surface area contributed by atoms with Crippen LogP contribution in [0.1, 0.15) is 40.5 Å². The Hall–Kier alpha value is -0.320. The minimum Gasteiger partial charge on any atom is -0.387 e. The molecule has 0 radical (unpaired) electrons. The van der Waals surface area contributed by atoms with E-state index in [-0.39, 0.29) is 19.1 Å². The number of rotatable bonds is 2. The van der Waals surface area contributed by atoms with Crippen LogP contribution in [0.3, 0.4) is 0 Å². The van der Waals surface area contributed by atoms with Crippen LogP contribution in [-0.2, 0) is 9.47 Å². The maximum absolute atomic E-state index is 11.9. The first-order valence-corrected chi connectivity index (χ1v) is 9.14. The van der Waals surface area contributed by atoms with Crippen LogP contribution in [0, 0.1) is 10.8 Å². The molecule has 6 N–H and O–H groups in total. The van der Waals surface area contributed by atoms with Gasteiger partial charge in [0.2, 0.25) is 0 Å². The largest absolute Gasteiger partial charge is 0.387 e. The predicted molar refractivity (Wildman–Crippen MR) is 88.1 cm³/mol. The molecule has 1 aliphatic heterocycles. The third-order valence-electron chi connectivity index (χ3n) is 8.62. The smallest absolute Gasteiger partial charge is 0.155 e. The molecule has 1 heterocycles. The lowest BCUT2D eigenvalue weighted by Crippen LogP contribution is -2.76. The van der Waals surface area contributed by atoms with Gasteiger partial charge in [0.25, 0.3) is 0 Å². The predicted octanol–water partition coefficient (Wildman–Crippen LogP) is -1.71. The number of hydrogen-bond donors (Lipinski definition) is 6. The van der Waals surface area contributed by atoms with Crippen molar-refractivity contribution in [3.8, 4) is 0 Å². The highest BCUT2D eigenvalue weighted by molar-refractivity contribution is 5.59. The van der Waals surface area contributed by atoms with E-state index in [1.807, 2.05) is 0 Å². The molecule has 150 valence electrons. The third-order valence-corrected chi connectivity index (χ3v) is 8.62. The van der Waals surface area contributed by atoms with Gasteiger partial charge in [0.05, 0.1) is 12.2 Å². The molecular weight excluding hydrogens is 344 g/mol. The molecule has 0 amide bonds. The Morgan fingerprint density at radius 1 is 0.846 bits per heavy atom. The Kier molecular flexibility index (Phi) is 3.26. The second-order valence-corrected chi connectivity index (χ2v) is 9.61. The van der Waals surface area contributed by atoms with Crippen molar-refractivity contribution in [3.05, 3.63) is 0 Å². The van der Waals surface area contributed by atoms with Crippen molar-refractivity contribution >= 4 is 0 Å². The molecule has 0 aromatic heterocycles. The lowest BCUT2D eigenvalue weighted by atomic mass is 9.68. The molecule has 8 nitrogen and oxygen atoms in total. The molecule has 26 heavy (non-hydrogen) atoms. The van der Waals surface area contributed by atoms with Gasteiger partial charge in [-0.05, 0) is 6.42 Å². The minimum absolute atomic E-state index is 0.173. The fraction of sp³-hybridized carbons (Fsp3) is 1.00. The van der Waals surface area contributed by atoms with Gasteiger partial charge in [-0.3, -0.25) is 0 Å². The lowest BCUT2D eigenvalue weighted by molar-refractivity contribution is -0.310. The number of aliphatic hydroxyl groups excluding tert-OH is 1. The van der Waals surface area contributed by atoms with Crippen LogP contribution >= 0.6 is 0 Å². The van der Waals surface area contributed by atoms with Crippen molar-refractivity contribution < 1.29 is 40.1 Å². The Balaban J connectivity index is 1.92. The van der Waals surface area contributed by atoms with Crippen LogP contribution in [0.15, 0.2) is 0 Å². The van der Waals surface area contributed by atoms with Gasteiger partial charge < -0.3 is 40.1 Å². The van der Waals surface area contributed by atoms with E-state index in [1.54, 1.807) is 0 Å². The van der Waals surface area contributed by atoms with Crippen molar-refractivity contribution in [3.63, 3.8) is 0 Å². The highest BCUT2D eigenvalue weighted by Gasteiger charge is 3.10. The average Bonchev–Trinajstić information content (AvgIpc) is 3.17. The second-order valence-electron chi connectivity index (χ2n) is 9.61. The zero-order valence-corrected chi connectivity index (χ0v) is 15.9. The summed E-state index contributed by atoms with van der Waals surface area (Å²) >= 11 is 0. The normalized spacial score (nSPS) is 62.2. The molecule has 0 aromatic rings. The summed E-state index contributed by atoms with van der Waals surface area (Å²) < 4.78 is 11.1. The van der Waals surface area contributed by atoms with Gasteiger partial charge in [0, 0.05) is 31.0 Å². The first-order valence-electron chi connectivity index (χ1n) is 9.14. The summed E-state index contributed by atoms with van der Waals surface area (Å²) in [7, 11) is 1.53. The Labute approximate surface area is 152 Å². The monoisotopic (exact) mass is 374 g/mol. The van der Waals surface area contributed by atoms with E-state index < -0.39 is 51.0 Å². The summed E-state index contributed by atoms with van der Waals surface area (Å²) in [5.41, 5.74) is -14.1. The fourth-order valence-electron chi connectivity index (χ4n) is 6.64. The van der Waals surface area contributed by atoms with Crippen molar-refractivity contribution in [1.82, 2.24) is 0 Å². The summed E-state index contributed by atoms with van der Waals surface area (Å²) in [4.78, 5) is 0. The summed E-state index contributed by atoms with van der Waals surface area (Å²) in [5.74, 6) is 0. The molecule has 3 aliphatic carbocycles. The lowest BCUT2D eigenvalue weighted by Gasteiger charge is -2.52. The quantitative estimate of drug-likeness (QED) is 0.336. The summed E-state index contributed by atoms with van der Waals surface area (Å²) in [5, 5.41) is 68.0. The summed E-state index contributed by atoms with van der Waals surface area (Å²) in [6.07, 6.45) is -2.43. The molecule has 4 rings (SSSR count). The van der Waals surface area contributed by atoms with E-state index >= 15 is 0 Å². The molecule has 4 unspecified atom stereocenters. The van der Waals surface area contributed by atoms with Gasteiger partial charge in [-0.15, -0.1) is 0 Å². The van der Waals surface area contributed by atoms with E-state index in [4.69, 9.17) is 9.47 Å². The number of ether oxygens (including phenoxy) is 2. The van der Waals surface area contributed by atoms with Crippen LogP contribution in [0.2, 0.25) is 0 Å². The number of fused-ring (bicyclic) bond motifs is 2. The molecule has 3 saturated carbocycles. The van der Waals surface area contributed by atoms with Gasteiger partial charge in [0.1, 0.15) is 28.5 Å². The van der Waals surface area contributed by atoms with E-state index in [2.05, 4.69) is 0 Å². The van der Waals surface area contributed by atoms with Crippen LogP contribution in [-0.4, -0.2) is 90.7 Å². The topological polar surface area (TPSA) is 140 Å². The van der Waals surface area contributed by atoms with Gasteiger partial charge in [0.15, 0.2) is 5.60 Å². The highest BCUT2D eigenvalue weighted by Crippen LogP contribution is 2.87. The first kappa shape index (κ1) is 19.0. The average molecular weight is 374 g/mol. The zero-order valence-electron chi connectivity index (χ0n) is 15.9. The van der Waals surface area contributed by atoms with Crippen LogP contribution in [0.5, 0.6) is 0 Å². The summed E-state index contributed by atoms with van der Waals surface area (Å²) in [6.45, 7) is 6.19.